The van der Waals surface area contributed by atoms with Gasteiger partial charge in [0, 0.05) is 27.9 Å². The molecule has 11 aromatic rings. The minimum Gasteiger partial charge on any atom is -0.310 e. The van der Waals surface area contributed by atoms with Gasteiger partial charge < -0.3 is 4.90 Å². The summed E-state index contributed by atoms with van der Waals surface area (Å²) in [6.45, 7) is 9.55. The summed E-state index contributed by atoms with van der Waals surface area (Å²) in [5.74, 6) is 0. The Bertz CT molecular complexity index is 4120. The van der Waals surface area contributed by atoms with E-state index in [0.717, 1.165) is 17.1 Å². The Balaban J connectivity index is 0.960. The lowest BCUT2D eigenvalue weighted by Crippen LogP contribution is -2.26. The van der Waals surface area contributed by atoms with Gasteiger partial charge in [-0.3, -0.25) is 0 Å². The van der Waals surface area contributed by atoms with Gasteiger partial charge in [0.2, 0.25) is 0 Å². The molecule has 1 heteroatoms. The maximum atomic E-state index is 2.55. The Morgan fingerprint density at radius 3 is 1.32 bits per heavy atom. The molecule has 15 rings (SSSR count). The molecule has 0 heterocycles. The van der Waals surface area contributed by atoms with E-state index in [9.17, 15) is 0 Å². The highest BCUT2D eigenvalue weighted by Crippen LogP contribution is 2.66. The van der Waals surface area contributed by atoms with Gasteiger partial charge in [-0.05, 0) is 171 Å². The number of hydrogen-bond acceptors (Lipinski definition) is 1. The molecule has 74 heavy (non-hydrogen) atoms. The molecule has 1 unspecified atom stereocenters. The van der Waals surface area contributed by atoms with Crippen molar-refractivity contribution in [2.45, 2.75) is 43.9 Å². The van der Waals surface area contributed by atoms with Gasteiger partial charge in [-0.1, -0.05) is 228 Å². The maximum Gasteiger partial charge on any atom is 0.0725 e. The molecular formula is C73H53N. The molecule has 0 saturated carbocycles. The predicted octanol–water partition coefficient (Wildman–Crippen LogP) is 19.1. The molecule has 0 N–H and O–H groups in total. The minimum absolute atomic E-state index is 0.107. The number of anilines is 3. The van der Waals surface area contributed by atoms with Crippen molar-refractivity contribution in [1.82, 2.24) is 0 Å². The van der Waals surface area contributed by atoms with E-state index in [1.807, 2.05) is 0 Å². The Kier molecular flexibility index (Phi) is 9.04. The highest BCUT2D eigenvalue weighted by atomic mass is 15.1. The van der Waals surface area contributed by atoms with Crippen LogP contribution in [0.5, 0.6) is 0 Å². The van der Waals surface area contributed by atoms with Crippen LogP contribution >= 0.6 is 0 Å². The molecule has 4 aliphatic carbocycles. The fourth-order valence-electron chi connectivity index (χ4n) is 14.0. The van der Waals surface area contributed by atoms with E-state index in [1.165, 1.54) is 122 Å². The molecule has 1 spiro atoms. The fraction of sp³-hybridized carbons (Fsp3) is 0.0959. The Labute approximate surface area is 434 Å². The molecule has 0 radical (unpaired) electrons. The van der Waals surface area contributed by atoms with E-state index in [-0.39, 0.29) is 10.8 Å². The van der Waals surface area contributed by atoms with E-state index in [2.05, 4.69) is 281 Å². The molecule has 11 aromatic carbocycles. The second-order valence-electron chi connectivity index (χ2n) is 22.0. The van der Waals surface area contributed by atoms with Crippen molar-refractivity contribution < 1.29 is 0 Å². The zero-order valence-electron chi connectivity index (χ0n) is 42.1. The summed E-state index contributed by atoms with van der Waals surface area (Å²) in [4.78, 5) is 2.48. The summed E-state index contributed by atoms with van der Waals surface area (Å²) < 4.78 is 0. The highest BCUT2D eigenvalue weighted by molar-refractivity contribution is 6.03. The molecule has 0 aromatic heterocycles. The van der Waals surface area contributed by atoms with Crippen LogP contribution in [0.2, 0.25) is 0 Å². The minimum atomic E-state index is -0.508. The van der Waals surface area contributed by atoms with Gasteiger partial charge in [0.25, 0.3) is 0 Å². The molecule has 0 aliphatic heterocycles. The third-order valence-corrected chi connectivity index (χ3v) is 17.5. The zero-order valence-corrected chi connectivity index (χ0v) is 42.1. The molecule has 1 atom stereocenters. The first-order valence-corrected chi connectivity index (χ1v) is 26.2. The summed E-state index contributed by atoms with van der Waals surface area (Å²) in [6.07, 6.45) is 0. The summed E-state index contributed by atoms with van der Waals surface area (Å²) in [5, 5.41) is 0. The Hall–Kier alpha value is -8.78. The first kappa shape index (κ1) is 42.9. The first-order valence-electron chi connectivity index (χ1n) is 26.2. The molecule has 0 saturated heterocycles. The van der Waals surface area contributed by atoms with Crippen LogP contribution in [0.25, 0.3) is 77.9 Å². The van der Waals surface area contributed by atoms with Crippen molar-refractivity contribution in [2.24, 2.45) is 0 Å². The van der Waals surface area contributed by atoms with Gasteiger partial charge in [0.15, 0.2) is 0 Å². The molecule has 0 fully saturated rings. The van der Waals surface area contributed by atoms with Crippen LogP contribution in [-0.4, -0.2) is 0 Å². The molecule has 4 aliphatic rings. The quantitative estimate of drug-likeness (QED) is 0.161. The predicted molar refractivity (Wildman–Crippen MR) is 309 cm³/mol. The van der Waals surface area contributed by atoms with Crippen LogP contribution in [0, 0.1) is 0 Å². The maximum absolute atomic E-state index is 2.55. The lowest BCUT2D eigenvalue weighted by molar-refractivity contribution is 0.660. The molecular weight excluding hydrogens is 891 g/mol. The second-order valence-corrected chi connectivity index (χ2v) is 22.0. The number of rotatable bonds is 6. The van der Waals surface area contributed by atoms with Gasteiger partial charge in [-0.25, -0.2) is 0 Å². The molecule has 1 nitrogen and oxygen atoms in total. The van der Waals surface area contributed by atoms with E-state index >= 15 is 0 Å². The standard InChI is InChI=1S/C73H53N/c1-71(2)62-28-16-13-25-59(62)69-65(71)39-40-66-70(69)60-26-14-18-30-64(60)73(66)63-29-17-12-24-56(63)58-37-33-49(44-68(58)73)51-41-50(47-21-9-6-10-22-47)42-54(43-51)74(52-34-31-48(32-35-52)46-19-7-5-8-20-46)53-36-38-57-55-23-11-15-27-61(55)72(3,4)67(57)45-53/h5-45H,1-4H3. The Morgan fingerprint density at radius 1 is 0.230 bits per heavy atom. The number of benzene rings is 11. The van der Waals surface area contributed by atoms with Gasteiger partial charge in [-0.2, -0.15) is 0 Å². The fourth-order valence-corrected chi connectivity index (χ4v) is 14.0. The van der Waals surface area contributed by atoms with Crippen LogP contribution < -0.4 is 4.90 Å². The molecule has 350 valence electrons. The van der Waals surface area contributed by atoms with Crippen molar-refractivity contribution in [3.63, 3.8) is 0 Å². The second kappa shape index (κ2) is 15.6. The largest absolute Gasteiger partial charge is 0.310 e. The van der Waals surface area contributed by atoms with Crippen molar-refractivity contribution in [3.05, 3.63) is 293 Å². The smallest absolute Gasteiger partial charge is 0.0725 e. The number of fused-ring (bicyclic) bond motifs is 17. The van der Waals surface area contributed by atoms with E-state index in [0.29, 0.717) is 0 Å². The SMILES string of the molecule is CC1(C)c2ccccc2-c2ccc(N(c3ccc(-c4ccccc4)cc3)c3cc(-c4ccccc4)cc(-c4ccc5c(c4)C4(c6ccccc6-5)c5ccccc5-c5c4ccc4c5-c5ccccc5C4(C)C)c3)cc21. The van der Waals surface area contributed by atoms with Gasteiger partial charge in [-0.15, -0.1) is 0 Å². The summed E-state index contributed by atoms with van der Waals surface area (Å²) >= 11 is 0. The van der Waals surface area contributed by atoms with E-state index < -0.39 is 5.41 Å². The van der Waals surface area contributed by atoms with Crippen molar-refractivity contribution in [1.29, 1.82) is 0 Å². The topological polar surface area (TPSA) is 3.24 Å². The highest BCUT2D eigenvalue weighted by Gasteiger charge is 2.54. The average Bonchev–Trinajstić information content (AvgIpc) is 4.10. The third-order valence-electron chi connectivity index (χ3n) is 17.5. The van der Waals surface area contributed by atoms with Crippen LogP contribution in [0.1, 0.15) is 72.2 Å². The van der Waals surface area contributed by atoms with Crippen molar-refractivity contribution in [2.75, 3.05) is 4.90 Å². The number of nitrogens with zero attached hydrogens (tertiary/aromatic N) is 1. The van der Waals surface area contributed by atoms with Crippen LogP contribution in [-0.2, 0) is 16.2 Å². The molecule has 0 bridgehead atoms. The van der Waals surface area contributed by atoms with Gasteiger partial charge >= 0.3 is 0 Å². The van der Waals surface area contributed by atoms with Crippen molar-refractivity contribution >= 4 is 17.1 Å². The average molecular weight is 944 g/mol. The lowest BCUT2D eigenvalue weighted by Gasteiger charge is -2.31. The van der Waals surface area contributed by atoms with Crippen LogP contribution in [0.4, 0.5) is 17.1 Å². The molecule has 0 amide bonds. The number of hydrogen-bond donors (Lipinski definition) is 0. The monoisotopic (exact) mass is 943 g/mol. The lowest BCUT2D eigenvalue weighted by atomic mass is 9.69. The van der Waals surface area contributed by atoms with Crippen molar-refractivity contribution in [3.8, 4) is 77.9 Å². The van der Waals surface area contributed by atoms with Crippen LogP contribution in [0.15, 0.2) is 249 Å². The van der Waals surface area contributed by atoms with Gasteiger partial charge in [0.1, 0.15) is 0 Å². The normalized spacial score (nSPS) is 16.1. The van der Waals surface area contributed by atoms with Crippen LogP contribution in [0.3, 0.4) is 0 Å². The summed E-state index contributed by atoms with van der Waals surface area (Å²) in [5.41, 5.74) is 31.4. The van der Waals surface area contributed by atoms with E-state index in [1.54, 1.807) is 0 Å². The summed E-state index contributed by atoms with van der Waals surface area (Å²) in [6, 6.07) is 94.0. The third kappa shape index (κ3) is 5.87. The van der Waals surface area contributed by atoms with Gasteiger partial charge in [0.05, 0.1) is 5.41 Å². The first-order chi connectivity index (χ1) is 36.2. The summed E-state index contributed by atoms with van der Waals surface area (Å²) in [7, 11) is 0. The zero-order chi connectivity index (χ0) is 49.5. The Morgan fingerprint density at radius 2 is 0.649 bits per heavy atom. The van der Waals surface area contributed by atoms with E-state index in [4.69, 9.17) is 0 Å².